The van der Waals surface area contributed by atoms with Gasteiger partial charge in [-0.1, -0.05) is 12.1 Å². The number of hydrogen-bond acceptors (Lipinski definition) is 3. The zero-order valence-corrected chi connectivity index (χ0v) is 15.7. The van der Waals surface area contributed by atoms with E-state index < -0.39 is 5.97 Å². The Morgan fingerprint density at radius 1 is 1.00 bits per heavy atom. The number of ether oxygens (including phenoxy) is 1. The largest absolute Gasteiger partial charge is 0.490 e. The van der Waals surface area contributed by atoms with Crippen molar-refractivity contribution in [3.63, 3.8) is 0 Å². The Labute approximate surface area is 155 Å². The highest BCUT2D eigenvalue weighted by Gasteiger charge is 2.33. The third-order valence-electron chi connectivity index (χ3n) is 5.82. The molecule has 2 fully saturated rings. The standard InChI is InChI=1S/C21H29NO4/c1-14-3-4-15(2)19(13-14)26-18-9-11-22(12-10-18)20(23)16-5-7-17(8-6-16)21(24)25/h3-4,13,16-18H,5-12H2,1-2H3,(H,24,25). The summed E-state index contributed by atoms with van der Waals surface area (Å²) in [6.07, 6.45) is 4.51. The van der Waals surface area contributed by atoms with Gasteiger partial charge in [0.15, 0.2) is 0 Å². The van der Waals surface area contributed by atoms with Gasteiger partial charge in [0.1, 0.15) is 11.9 Å². The summed E-state index contributed by atoms with van der Waals surface area (Å²) >= 11 is 0. The Balaban J connectivity index is 1.48. The Hall–Kier alpha value is -2.04. The van der Waals surface area contributed by atoms with Crippen molar-refractivity contribution >= 4 is 11.9 Å². The van der Waals surface area contributed by atoms with Crippen LogP contribution in [0.5, 0.6) is 5.75 Å². The third kappa shape index (κ3) is 4.37. The minimum atomic E-state index is -0.722. The first-order valence-electron chi connectivity index (χ1n) is 9.69. The Kier molecular flexibility index (Phi) is 5.84. The number of carbonyl (C=O) groups is 2. The summed E-state index contributed by atoms with van der Waals surface area (Å²) in [6.45, 7) is 5.58. The lowest BCUT2D eigenvalue weighted by molar-refractivity contribution is -0.146. The van der Waals surface area contributed by atoms with Gasteiger partial charge in [0.25, 0.3) is 0 Å². The van der Waals surface area contributed by atoms with E-state index in [1.54, 1.807) is 0 Å². The smallest absolute Gasteiger partial charge is 0.306 e. The normalized spacial score (nSPS) is 24.3. The van der Waals surface area contributed by atoms with Crippen LogP contribution >= 0.6 is 0 Å². The molecule has 0 aromatic heterocycles. The number of aliphatic carboxylic acids is 1. The molecule has 2 aliphatic rings. The van der Waals surface area contributed by atoms with Crippen LogP contribution in [0.15, 0.2) is 18.2 Å². The van der Waals surface area contributed by atoms with E-state index in [-0.39, 0.29) is 23.8 Å². The SMILES string of the molecule is Cc1ccc(C)c(OC2CCN(C(=O)C3CCC(C(=O)O)CC3)CC2)c1. The van der Waals surface area contributed by atoms with Gasteiger partial charge in [0, 0.05) is 31.8 Å². The number of nitrogens with zero attached hydrogens (tertiary/aromatic N) is 1. The van der Waals surface area contributed by atoms with Crippen LogP contribution in [-0.4, -0.2) is 41.1 Å². The third-order valence-corrected chi connectivity index (χ3v) is 5.82. The summed E-state index contributed by atoms with van der Waals surface area (Å²) in [5, 5.41) is 9.09. The molecule has 1 aliphatic carbocycles. The fraction of sp³-hybridized carbons (Fsp3) is 0.619. The molecule has 1 saturated carbocycles. The fourth-order valence-corrected chi connectivity index (χ4v) is 4.05. The van der Waals surface area contributed by atoms with E-state index in [9.17, 15) is 9.59 Å². The highest BCUT2D eigenvalue weighted by molar-refractivity contribution is 5.79. The number of likely N-dealkylation sites (tertiary alicyclic amines) is 1. The second-order valence-corrected chi connectivity index (χ2v) is 7.80. The minimum absolute atomic E-state index is 0.00193. The first kappa shape index (κ1) is 18.7. The van der Waals surface area contributed by atoms with Crippen LogP contribution in [0.2, 0.25) is 0 Å². The number of aryl methyl sites for hydroxylation is 2. The molecule has 5 heteroatoms. The van der Waals surface area contributed by atoms with E-state index in [0.29, 0.717) is 25.7 Å². The molecule has 3 rings (SSSR count). The summed E-state index contributed by atoms with van der Waals surface area (Å²) in [6, 6.07) is 6.24. The van der Waals surface area contributed by atoms with Crippen LogP contribution in [0.1, 0.15) is 49.7 Å². The van der Waals surface area contributed by atoms with E-state index in [2.05, 4.69) is 32.0 Å². The molecule has 0 bridgehead atoms. The lowest BCUT2D eigenvalue weighted by atomic mass is 9.81. The molecule has 1 aliphatic heterocycles. The average molecular weight is 359 g/mol. The topological polar surface area (TPSA) is 66.8 Å². The molecular weight excluding hydrogens is 330 g/mol. The second-order valence-electron chi connectivity index (χ2n) is 7.80. The molecule has 1 N–H and O–H groups in total. The van der Waals surface area contributed by atoms with Gasteiger partial charge in [0.05, 0.1) is 5.92 Å². The Bertz CT molecular complexity index is 656. The lowest BCUT2D eigenvalue weighted by Gasteiger charge is -2.36. The van der Waals surface area contributed by atoms with Crippen molar-refractivity contribution in [3.8, 4) is 5.75 Å². The molecule has 26 heavy (non-hydrogen) atoms. The van der Waals surface area contributed by atoms with Crippen molar-refractivity contribution < 1.29 is 19.4 Å². The molecular formula is C21H29NO4. The first-order valence-corrected chi connectivity index (χ1v) is 9.69. The molecule has 0 atom stereocenters. The average Bonchev–Trinajstić information content (AvgIpc) is 2.65. The summed E-state index contributed by atoms with van der Waals surface area (Å²) in [4.78, 5) is 25.7. The van der Waals surface area contributed by atoms with Crippen molar-refractivity contribution in [2.24, 2.45) is 11.8 Å². The second kappa shape index (κ2) is 8.11. The van der Waals surface area contributed by atoms with Gasteiger partial charge in [-0.15, -0.1) is 0 Å². The number of hydrogen-bond donors (Lipinski definition) is 1. The van der Waals surface area contributed by atoms with Crippen LogP contribution in [0.3, 0.4) is 0 Å². The van der Waals surface area contributed by atoms with Crippen LogP contribution in [0.25, 0.3) is 0 Å². The van der Waals surface area contributed by atoms with Crippen LogP contribution in [0.4, 0.5) is 0 Å². The number of carboxylic acids is 1. The summed E-state index contributed by atoms with van der Waals surface area (Å²) < 4.78 is 6.18. The fourth-order valence-electron chi connectivity index (χ4n) is 4.05. The maximum atomic E-state index is 12.7. The Morgan fingerprint density at radius 3 is 2.23 bits per heavy atom. The molecule has 0 unspecified atom stereocenters. The number of benzene rings is 1. The molecule has 0 radical (unpaired) electrons. The van der Waals surface area contributed by atoms with Crippen LogP contribution < -0.4 is 4.74 Å². The van der Waals surface area contributed by atoms with E-state index in [0.717, 1.165) is 37.2 Å². The van der Waals surface area contributed by atoms with Gasteiger partial charge in [-0.2, -0.15) is 0 Å². The van der Waals surface area contributed by atoms with Gasteiger partial charge in [-0.3, -0.25) is 9.59 Å². The van der Waals surface area contributed by atoms with Gasteiger partial charge in [0.2, 0.25) is 5.91 Å². The van der Waals surface area contributed by atoms with Gasteiger partial charge >= 0.3 is 5.97 Å². The van der Waals surface area contributed by atoms with Crippen LogP contribution in [-0.2, 0) is 9.59 Å². The summed E-state index contributed by atoms with van der Waals surface area (Å²) in [5.74, 6) is 0.166. The van der Waals surface area contributed by atoms with Gasteiger partial charge in [-0.05, 0) is 56.7 Å². The zero-order chi connectivity index (χ0) is 18.7. The Morgan fingerprint density at radius 2 is 1.62 bits per heavy atom. The van der Waals surface area contributed by atoms with Crippen LogP contribution in [0, 0.1) is 25.7 Å². The zero-order valence-electron chi connectivity index (χ0n) is 15.7. The van der Waals surface area contributed by atoms with Gasteiger partial charge < -0.3 is 14.7 Å². The molecule has 1 aromatic rings. The molecule has 1 heterocycles. The first-order chi connectivity index (χ1) is 12.4. The lowest BCUT2D eigenvalue weighted by Crippen LogP contribution is -2.45. The van der Waals surface area contributed by atoms with Crippen molar-refractivity contribution in [1.29, 1.82) is 0 Å². The number of amides is 1. The highest BCUT2D eigenvalue weighted by atomic mass is 16.5. The molecule has 1 saturated heterocycles. The van der Waals surface area contributed by atoms with E-state index in [1.165, 1.54) is 5.56 Å². The summed E-state index contributed by atoms with van der Waals surface area (Å²) in [5.41, 5.74) is 2.33. The highest BCUT2D eigenvalue weighted by Crippen LogP contribution is 2.31. The number of carbonyl (C=O) groups excluding carboxylic acids is 1. The molecule has 1 aromatic carbocycles. The maximum Gasteiger partial charge on any atom is 0.306 e. The molecule has 142 valence electrons. The van der Waals surface area contributed by atoms with Crippen molar-refractivity contribution in [2.75, 3.05) is 13.1 Å². The monoisotopic (exact) mass is 359 g/mol. The predicted octanol–water partition coefficient (Wildman–Crippen LogP) is 3.56. The van der Waals surface area contributed by atoms with E-state index in [4.69, 9.17) is 9.84 Å². The number of piperidine rings is 1. The molecule has 0 spiro atoms. The maximum absolute atomic E-state index is 12.7. The molecule has 5 nitrogen and oxygen atoms in total. The summed E-state index contributed by atoms with van der Waals surface area (Å²) in [7, 11) is 0. The number of rotatable bonds is 4. The van der Waals surface area contributed by atoms with Crippen molar-refractivity contribution in [2.45, 2.75) is 58.5 Å². The predicted molar refractivity (Wildman–Crippen MR) is 99.2 cm³/mol. The van der Waals surface area contributed by atoms with E-state index >= 15 is 0 Å². The van der Waals surface area contributed by atoms with E-state index in [1.807, 2.05) is 4.90 Å². The van der Waals surface area contributed by atoms with Gasteiger partial charge in [-0.25, -0.2) is 0 Å². The number of carboxylic acid groups (broad SMARTS) is 1. The molecule has 1 amide bonds. The minimum Gasteiger partial charge on any atom is -0.490 e. The van der Waals surface area contributed by atoms with Crippen molar-refractivity contribution in [3.05, 3.63) is 29.3 Å². The quantitative estimate of drug-likeness (QED) is 0.892. The van der Waals surface area contributed by atoms with Crippen molar-refractivity contribution in [1.82, 2.24) is 4.90 Å².